The largest absolute Gasteiger partial charge is 0.374 e. The number of hydrogen-bond acceptors (Lipinski definition) is 4. The topological polar surface area (TPSA) is 42.5 Å². The van der Waals surface area contributed by atoms with Gasteiger partial charge in [0, 0.05) is 40.4 Å². The lowest BCUT2D eigenvalue weighted by Gasteiger charge is -2.44. The van der Waals surface area contributed by atoms with E-state index in [1.807, 2.05) is 0 Å². The number of hydrogen-bond donors (Lipinski definition) is 2. The second-order valence-corrected chi connectivity index (χ2v) is 14.4. The molecule has 0 aromatic rings. The molecule has 4 heteroatoms. The van der Waals surface area contributed by atoms with E-state index in [2.05, 4.69) is 66.0 Å². The van der Waals surface area contributed by atoms with E-state index in [0.29, 0.717) is 48.6 Å². The summed E-state index contributed by atoms with van der Waals surface area (Å²) in [6.07, 6.45) is 11.1. The molecule has 0 aliphatic carbocycles. The summed E-state index contributed by atoms with van der Waals surface area (Å²) in [5.74, 6) is 0. The van der Waals surface area contributed by atoms with Gasteiger partial charge in [0.25, 0.3) is 0 Å². The van der Waals surface area contributed by atoms with Crippen LogP contribution in [0.15, 0.2) is 0 Å². The van der Waals surface area contributed by atoms with E-state index in [1.54, 1.807) is 0 Å². The minimum absolute atomic E-state index is 0.0615. The molecule has 2 N–H and O–H groups in total. The van der Waals surface area contributed by atoms with Crippen molar-refractivity contribution in [2.45, 2.75) is 155 Å². The van der Waals surface area contributed by atoms with Crippen molar-refractivity contribution in [2.24, 2.45) is 21.7 Å². The second kappa shape index (κ2) is 7.67. The van der Waals surface area contributed by atoms with Gasteiger partial charge < -0.3 is 20.1 Å². The van der Waals surface area contributed by atoms with Gasteiger partial charge in [-0.15, -0.1) is 0 Å². The van der Waals surface area contributed by atoms with Crippen molar-refractivity contribution in [1.82, 2.24) is 10.6 Å². The highest BCUT2D eigenvalue weighted by Crippen LogP contribution is 2.51. The number of nitrogens with one attached hydrogen (secondary N) is 2. The highest BCUT2D eigenvalue weighted by atomic mass is 16.5. The molecule has 5 saturated heterocycles. The van der Waals surface area contributed by atoms with Gasteiger partial charge in [-0.2, -0.15) is 0 Å². The van der Waals surface area contributed by atoms with Gasteiger partial charge in [0.15, 0.2) is 0 Å². The van der Waals surface area contributed by atoms with Crippen molar-refractivity contribution in [1.29, 1.82) is 0 Å². The molecular weight excluding hydrogens is 396 g/mol. The highest BCUT2D eigenvalue weighted by molar-refractivity contribution is 5.09. The van der Waals surface area contributed by atoms with Gasteiger partial charge in [0.2, 0.25) is 0 Å². The van der Waals surface area contributed by atoms with E-state index in [9.17, 15) is 0 Å². The molecular formula is C28H50N2O2. The van der Waals surface area contributed by atoms with Crippen LogP contribution in [0.5, 0.6) is 0 Å². The van der Waals surface area contributed by atoms with Crippen LogP contribution >= 0.6 is 0 Å². The van der Waals surface area contributed by atoms with E-state index < -0.39 is 0 Å². The maximum atomic E-state index is 6.92. The standard InChI is InChI=1S/C28H50N2O2/c1-25(2)17-9-11-19(29-17)26(3,4)21-13-15-23(31-21)28(7,8)24-16-14-22(32-24)27(5,6)20-12-10-18(25)30-20/h17-24,29-30H,9-16H2,1-8H3/t17-,18+,19+,20-,21-,22+,23+,24-. The molecule has 5 fully saturated rings. The van der Waals surface area contributed by atoms with Crippen LogP contribution in [0.4, 0.5) is 0 Å². The number of rotatable bonds is 0. The van der Waals surface area contributed by atoms with Gasteiger partial charge in [-0.05, 0) is 56.8 Å². The highest BCUT2D eigenvalue weighted by Gasteiger charge is 2.55. The van der Waals surface area contributed by atoms with Gasteiger partial charge in [-0.25, -0.2) is 0 Å². The minimum Gasteiger partial charge on any atom is -0.374 e. The zero-order chi connectivity index (χ0) is 23.1. The molecule has 8 atom stereocenters. The summed E-state index contributed by atoms with van der Waals surface area (Å²) >= 11 is 0. The van der Waals surface area contributed by atoms with Gasteiger partial charge in [0.1, 0.15) is 0 Å². The Morgan fingerprint density at radius 2 is 0.688 bits per heavy atom. The zero-order valence-corrected chi connectivity index (χ0v) is 22.1. The van der Waals surface area contributed by atoms with Crippen LogP contribution in [-0.2, 0) is 9.47 Å². The Morgan fingerprint density at radius 3 is 1.03 bits per heavy atom. The van der Waals surface area contributed by atoms with Crippen LogP contribution in [-0.4, -0.2) is 48.6 Å². The van der Waals surface area contributed by atoms with Crippen LogP contribution in [0.25, 0.3) is 0 Å². The third-order valence-electron chi connectivity index (χ3n) is 11.2. The molecule has 5 rings (SSSR count). The first-order valence-corrected chi connectivity index (χ1v) is 13.7. The van der Waals surface area contributed by atoms with Gasteiger partial charge in [0.05, 0.1) is 24.4 Å². The molecule has 5 heterocycles. The molecule has 0 amide bonds. The van der Waals surface area contributed by atoms with Crippen molar-refractivity contribution < 1.29 is 9.47 Å². The summed E-state index contributed by atoms with van der Waals surface area (Å²) in [5.41, 5.74) is 0.609. The molecule has 5 aliphatic heterocycles. The van der Waals surface area contributed by atoms with Crippen LogP contribution < -0.4 is 10.6 Å². The molecule has 0 spiro atoms. The Kier molecular flexibility index (Phi) is 5.65. The molecule has 184 valence electrons. The molecule has 0 aromatic heterocycles. The summed E-state index contributed by atoms with van der Waals surface area (Å²) in [6, 6.07) is 2.21. The van der Waals surface area contributed by atoms with Gasteiger partial charge >= 0.3 is 0 Å². The SMILES string of the molecule is CC1(C)[C@@H]2CC[C@@H](N2)C(C)(C)[C@@H]2CC[C@@H](O2)C(C)(C)[C@@H]2CC[C@@H](O2)C(C)(C)[C@@H]2CC[C@H]1N2. The quantitative estimate of drug-likeness (QED) is 0.520. The van der Waals surface area contributed by atoms with Gasteiger partial charge in [-0.1, -0.05) is 55.4 Å². The maximum Gasteiger partial charge on any atom is 0.0655 e. The van der Waals surface area contributed by atoms with Crippen LogP contribution in [0.2, 0.25) is 0 Å². The summed E-state index contributed by atoms with van der Waals surface area (Å²) in [4.78, 5) is 0. The lowest BCUT2D eigenvalue weighted by atomic mass is 9.76. The second-order valence-electron chi connectivity index (χ2n) is 14.4. The third kappa shape index (κ3) is 3.53. The summed E-state index contributed by atoms with van der Waals surface area (Å²) in [5, 5.41) is 8.29. The van der Waals surface area contributed by atoms with E-state index in [1.165, 1.54) is 51.4 Å². The molecule has 0 saturated carbocycles. The zero-order valence-electron chi connectivity index (χ0n) is 22.1. The lowest BCUT2D eigenvalue weighted by Crippen LogP contribution is -2.56. The van der Waals surface area contributed by atoms with Gasteiger partial charge in [-0.3, -0.25) is 0 Å². The van der Waals surface area contributed by atoms with Crippen molar-refractivity contribution in [2.75, 3.05) is 0 Å². The first-order valence-electron chi connectivity index (χ1n) is 13.7. The Morgan fingerprint density at radius 1 is 0.406 bits per heavy atom. The molecule has 0 radical (unpaired) electrons. The molecule has 0 aromatic carbocycles. The predicted octanol–water partition coefficient (Wildman–Crippen LogP) is 5.44. The fourth-order valence-electron chi connectivity index (χ4n) is 8.20. The number of fused-ring (bicyclic) bond motifs is 8. The smallest absolute Gasteiger partial charge is 0.0655 e. The van der Waals surface area contributed by atoms with Crippen LogP contribution in [0.1, 0.15) is 107 Å². The first-order chi connectivity index (χ1) is 14.8. The first kappa shape index (κ1) is 23.6. The number of ether oxygens (including phenoxy) is 2. The lowest BCUT2D eigenvalue weighted by molar-refractivity contribution is -0.137. The summed E-state index contributed by atoms with van der Waals surface area (Å²) in [6.45, 7) is 19.6. The van der Waals surface area contributed by atoms with E-state index in [-0.39, 0.29) is 21.7 Å². The Labute approximate surface area is 197 Å². The fourth-order valence-corrected chi connectivity index (χ4v) is 8.20. The molecule has 4 nitrogen and oxygen atoms in total. The van der Waals surface area contributed by atoms with Crippen LogP contribution in [0.3, 0.4) is 0 Å². The average Bonchev–Trinajstić information content (AvgIpc) is 3.53. The minimum atomic E-state index is 0.0615. The normalized spacial score (nSPS) is 48.8. The molecule has 32 heavy (non-hydrogen) atoms. The Hall–Kier alpha value is -0.160. The molecule has 8 bridgehead atoms. The molecule has 5 aliphatic rings. The van der Waals surface area contributed by atoms with Crippen molar-refractivity contribution in [3.63, 3.8) is 0 Å². The third-order valence-corrected chi connectivity index (χ3v) is 11.2. The van der Waals surface area contributed by atoms with E-state index in [4.69, 9.17) is 9.47 Å². The van der Waals surface area contributed by atoms with E-state index >= 15 is 0 Å². The van der Waals surface area contributed by atoms with Crippen molar-refractivity contribution >= 4 is 0 Å². The fraction of sp³-hybridized carbons (Fsp3) is 1.00. The van der Waals surface area contributed by atoms with Crippen LogP contribution in [0, 0.1) is 21.7 Å². The molecule has 0 unspecified atom stereocenters. The predicted molar refractivity (Wildman–Crippen MR) is 131 cm³/mol. The summed E-state index contributed by atoms with van der Waals surface area (Å²) in [7, 11) is 0. The van der Waals surface area contributed by atoms with Crippen molar-refractivity contribution in [3.05, 3.63) is 0 Å². The summed E-state index contributed by atoms with van der Waals surface area (Å²) < 4.78 is 13.8. The monoisotopic (exact) mass is 446 g/mol. The maximum absolute atomic E-state index is 6.92. The average molecular weight is 447 g/mol. The van der Waals surface area contributed by atoms with E-state index in [0.717, 1.165) is 0 Å². The Balaban J connectivity index is 1.48. The van der Waals surface area contributed by atoms with Crippen molar-refractivity contribution in [3.8, 4) is 0 Å². The Bertz CT molecular complexity index is 546.